The summed E-state index contributed by atoms with van der Waals surface area (Å²) >= 11 is 0. The van der Waals surface area contributed by atoms with E-state index in [1.165, 1.54) is 24.3 Å². The number of nitrogens with zero attached hydrogens (tertiary/aromatic N) is 3. The van der Waals surface area contributed by atoms with E-state index in [0.29, 0.717) is 43.1 Å². The first-order chi connectivity index (χ1) is 16.1. The molecule has 0 spiro atoms. The standard InChI is InChI=1S/C24H26N4O5S/c1-16-4-7-20(14-17(16)2)26-34(31,32)21-8-5-19(6-9-21)23(29)27-10-12-28(13-11-27)24(30)22-15-18(3)25-33-22/h4-9,14-15,26H,10-13H2,1-3H3. The minimum atomic E-state index is -3.78. The van der Waals surface area contributed by atoms with Gasteiger partial charge in [0.25, 0.3) is 21.8 Å². The minimum Gasteiger partial charge on any atom is -0.351 e. The van der Waals surface area contributed by atoms with E-state index in [9.17, 15) is 18.0 Å². The molecule has 0 atom stereocenters. The Kier molecular flexibility index (Phi) is 6.43. The van der Waals surface area contributed by atoms with Gasteiger partial charge in [0, 0.05) is 43.5 Å². The number of nitrogens with one attached hydrogen (secondary N) is 1. The maximum absolute atomic E-state index is 12.9. The molecule has 3 aromatic rings. The fourth-order valence-corrected chi connectivity index (χ4v) is 4.76. The van der Waals surface area contributed by atoms with Crippen LogP contribution in [0, 0.1) is 20.8 Å². The van der Waals surface area contributed by atoms with E-state index in [0.717, 1.165) is 11.1 Å². The van der Waals surface area contributed by atoms with Crippen LogP contribution >= 0.6 is 0 Å². The Bertz CT molecular complexity index is 1320. The summed E-state index contributed by atoms with van der Waals surface area (Å²) in [5.74, 6) is -0.282. The van der Waals surface area contributed by atoms with Crippen LogP contribution in [0.15, 0.2) is 57.9 Å². The SMILES string of the molecule is Cc1cc(C(=O)N2CCN(C(=O)c3ccc(S(=O)(=O)Nc4ccc(C)c(C)c4)cc3)CC2)on1. The van der Waals surface area contributed by atoms with Crippen molar-refractivity contribution >= 4 is 27.5 Å². The molecule has 10 heteroatoms. The second-order valence-electron chi connectivity index (χ2n) is 8.35. The molecule has 0 bridgehead atoms. The largest absolute Gasteiger partial charge is 0.351 e. The van der Waals surface area contributed by atoms with Gasteiger partial charge in [-0.3, -0.25) is 14.3 Å². The van der Waals surface area contributed by atoms with Gasteiger partial charge in [-0.1, -0.05) is 11.2 Å². The molecule has 1 aromatic heterocycles. The lowest BCUT2D eigenvalue weighted by Crippen LogP contribution is -2.50. The summed E-state index contributed by atoms with van der Waals surface area (Å²) in [5, 5.41) is 3.74. The average Bonchev–Trinajstić information content (AvgIpc) is 3.27. The number of sulfonamides is 1. The number of carbonyl (C=O) groups is 2. The van der Waals surface area contributed by atoms with Gasteiger partial charge < -0.3 is 14.3 Å². The third kappa shape index (κ3) is 4.96. The van der Waals surface area contributed by atoms with Gasteiger partial charge >= 0.3 is 0 Å². The second-order valence-corrected chi connectivity index (χ2v) is 10.0. The Labute approximate surface area is 198 Å². The van der Waals surface area contributed by atoms with Crippen molar-refractivity contribution in [2.24, 2.45) is 0 Å². The molecule has 2 amide bonds. The van der Waals surface area contributed by atoms with Crippen LogP contribution in [0.3, 0.4) is 0 Å². The summed E-state index contributed by atoms with van der Waals surface area (Å²) < 4.78 is 33.1. The monoisotopic (exact) mass is 482 g/mol. The molecule has 0 unspecified atom stereocenters. The van der Waals surface area contributed by atoms with Gasteiger partial charge in [-0.25, -0.2) is 8.42 Å². The number of hydrogen-bond donors (Lipinski definition) is 1. The molecule has 1 fully saturated rings. The summed E-state index contributed by atoms with van der Waals surface area (Å²) in [6, 6.07) is 12.8. The summed E-state index contributed by atoms with van der Waals surface area (Å²) in [7, 11) is -3.78. The molecule has 2 heterocycles. The summed E-state index contributed by atoms with van der Waals surface area (Å²) in [5.41, 5.74) is 3.56. The van der Waals surface area contributed by atoms with E-state index in [1.54, 1.807) is 34.9 Å². The third-order valence-electron chi connectivity index (χ3n) is 5.86. The van der Waals surface area contributed by atoms with E-state index in [4.69, 9.17) is 4.52 Å². The molecule has 1 aliphatic heterocycles. The molecular weight excluding hydrogens is 456 g/mol. The van der Waals surface area contributed by atoms with Gasteiger partial charge in [0.15, 0.2) is 0 Å². The van der Waals surface area contributed by atoms with E-state index >= 15 is 0 Å². The van der Waals surface area contributed by atoms with Gasteiger partial charge in [0.05, 0.1) is 10.6 Å². The van der Waals surface area contributed by atoms with Gasteiger partial charge in [-0.05, 0) is 68.3 Å². The van der Waals surface area contributed by atoms with Crippen molar-refractivity contribution in [1.82, 2.24) is 15.0 Å². The lowest BCUT2D eigenvalue weighted by atomic mass is 10.1. The van der Waals surface area contributed by atoms with Gasteiger partial charge in [0.2, 0.25) is 5.76 Å². The Morgan fingerprint density at radius 1 is 0.853 bits per heavy atom. The molecule has 0 aliphatic carbocycles. The zero-order chi connectivity index (χ0) is 24.5. The maximum atomic E-state index is 12.9. The highest BCUT2D eigenvalue weighted by Gasteiger charge is 2.27. The Hall–Kier alpha value is -3.66. The summed E-state index contributed by atoms with van der Waals surface area (Å²) in [4.78, 5) is 28.7. The van der Waals surface area contributed by atoms with Gasteiger partial charge in [-0.2, -0.15) is 0 Å². The molecule has 1 saturated heterocycles. The maximum Gasteiger partial charge on any atom is 0.292 e. The van der Waals surface area contributed by atoms with E-state index in [2.05, 4.69) is 9.88 Å². The highest BCUT2D eigenvalue weighted by Crippen LogP contribution is 2.20. The van der Waals surface area contributed by atoms with Crippen LogP contribution in [-0.4, -0.2) is 61.4 Å². The zero-order valence-corrected chi connectivity index (χ0v) is 20.1. The Balaban J connectivity index is 1.38. The molecule has 1 aliphatic rings. The minimum absolute atomic E-state index is 0.0695. The number of benzene rings is 2. The topological polar surface area (TPSA) is 113 Å². The average molecular weight is 483 g/mol. The molecule has 1 N–H and O–H groups in total. The van der Waals surface area contributed by atoms with Crippen LogP contribution in [0.5, 0.6) is 0 Å². The molecule has 9 nitrogen and oxygen atoms in total. The van der Waals surface area contributed by atoms with E-state index in [1.807, 2.05) is 19.9 Å². The lowest BCUT2D eigenvalue weighted by Gasteiger charge is -2.34. The van der Waals surface area contributed by atoms with Crippen LogP contribution in [0.4, 0.5) is 5.69 Å². The van der Waals surface area contributed by atoms with Crippen LogP contribution in [-0.2, 0) is 10.0 Å². The van der Waals surface area contributed by atoms with Crippen molar-refractivity contribution in [1.29, 1.82) is 0 Å². The predicted octanol–water partition coefficient (Wildman–Crippen LogP) is 3.00. The first kappa shape index (κ1) is 23.5. The first-order valence-electron chi connectivity index (χ1n) is 10.9. The lowest BCUT2D eigenvalue weighted by molar-refractivity contribution is 0.0512. The molecule has 2 aromatic carbocycles. The van der Waals surface area contributed by atoms with Crippen molar-refractivity contribution in [2.75, 3.05) is 30.9 Å². The molecule has 4 rings (SSSR count). The third-order valence-corrected chi connectivity index (χ3v) is 7.26. The Morgan fingerprint density at radius 3 is 2.03 bits per heavy atom. The number of hydrogen-bond acceptors (Lipinski definition) is 6. The summed E-state index contributed by atoms with van der Waals surface area (Å²) in [6.07, 6.45) is 0. The quantitative estimate of drug-likeness (QED) is 0.598. The van der Waals surface area contributed by atoms with E-state index in [-0.39, 0.29) is 22.5 Å². The molecule has 178 valence electrons. The number of aromatic nitrogens is 1. The van der Waals surface area contributed by atoms with E-state index < -0.39 is 10.0 Å². The summed E-state index contributed by atoms with van der Waals surface area (Å²) in [6.45, 7) is 7.09. The Morgan fingerprint density at radius 2 is 1.47 bits per heavy atom. The molecule has 34 heavy (non-hydrogen) atoms. The number of carbonyl (C=O) groups excluding carboxylic acids is 2. The molecule has 0 radical (unpaired) electrons. The van der Waals surface area contributed by atoms with Crippen LogP contribution in [0.25, 0.3) is 0 Å². The number of aryl methyl sites for hydroxylation is 3. The zero-order valence-electron chi connectivity index (χ0n) is 19.2. The smallest absolute Gasteiger partial charge is 0.292 e. The van der Waals surface area contributed by atoms with Crippen molar-refractivity contribution < 1.29 is 22.5 Å². The van der Waals surface area contributed by atoms with Crippen LogP contribution in [0.2, 0.25) is 0 Å². The highest BCUT2D eigenvalue weighted by molar-refractivity contribution is 7.92. The van der Waals surface area contributed by atoms with Gasteiger partial charge in [-0.15, -0.1) is 0 Å². The van der Waals surface area contributed by atoms with Crippen molar-refractivity contribution in [3.8, 4) is 0 Å². The molecular formula is C24H26N4O5S. The fourth-order valence-electron chi connectivity index (χ4n) is 3.71. The normalized spacial score (nSPS) is 14.2. The number of anilines is 1. The van der Waals surface area contributed by atoms with Crippen LogP contribution in [0.1, 0.15) is 37.7 Å². The number of rotatable bonds is 5. The van der Waals surface area contributed by atoms with Crippen molar-refractivity contribution in [3.63, 3.8) is 0 Å². The second kappa shape index (κ2) is 9.30. The number of piperazine rings is 1. The van der Waals surface area contributed by atoms with Crippen LogP contribution < -0.4 is 4.72 Å². The highest BCUT2D eigenvalue weighted by atomic mass is 32.2. The van der Waals surface area contributed by atoms with Crippen molar-refractivity contribution in [2.45, 2.75) is 25.7 Å². The fraction of sp³-hybridized carbons (Fsp3) is 0.292. The molecule has 0 saturated carbocycles. The first-order valence-corrected chi connectivity index (χ1v) is 12.3. The predicted molar refractivity (Wildman–Crippen MR) is 126 cm³/mol. The number of amides is 2. The van der Waals surface area contributed by atoms with Crippen molar-refractivity contribution in [3.05, 3.63) is 76.7 Å². The van der Waals surface area contributed by atoms with Gasteiger partial charge in [0.1, 0.15) is 0 Å².